The first-order chi connectivity index (χ1) is 13.9. The Kier molecular flexibility index (Phi) is 7.18. The number of aromatic nitrogens is 1. The van der Waals surface area contributed by atoms with E-state index in [4.69, 9.17) is 21.7 Å². The van der Waals surface area contributed by atoms with E-state index in [2.05, 4.69) is 31.5 Å². The second-order valence-electron chi connectivity index (χ2n) is 5.99. The lowest BCUT2D eigenvalue weighted by Crippen LogP contribution is -2.37. The van der Waals surface area contributed by atoms with Crippen molar-refractivity contribution in [2.75, 3.05) is 19.0 Å². The van der Waals surface area contributed by atoms with Crippen LogP contribution in [0.15, 0.2) is 52.3 Å². The average molecular weight is 492 g/mol. The minimum atomic E-state index is -0.347. The summed E-state index contributed by atoms with van der Waals surface area (Å²) in [5, 5.41) is 8.16. The highest BCUT2D eigenvalue weighted by atomic mass is 79.9. The van der Waals surface area contributed by atoms with Crippen molar-refractivity contribution in [1.82, 2.24) is 10.3 Å². The van der Waals surface area contributed by atoms with Crippen molar-refractivity contribution in [2.24, 2.45) is 0 Å². The van der Waals surface area contributed by atoms with E-state index in [0.717, 1.165) is 27.0 Å². The summed E-state index contributed by atoms with van der Waals surface area (Å²) in [7, 11) is 1.62. The van der Waals surface area contributed by atoms with Crippen LogP contribution in [0.3, 0.4) is 0 Å². The van der Waals surface area contributed by atoms with E-state index < -0.39 is 0 Å². The standard InChI is InChI=1S/C20H18BrN3O3S2/c1-12-4-3-5-14(8-12)27-10-18(25)23-19(28)24-20-22-16(11-29-20)13-6-7-17(26-2)15(21)9-13/h3-9,11H,10H2,1-2H3,(H2,22,23,24,25,28). The van der Waals surface area contributed by atoms with Gasteiger partial charge >= 0.3 is 0 Å². The second-order valence-corrected chi connectivity index (χ2v) is 8.12. The molecule has 0 fully saturated rings. The molecule has 1 amide bonds. The molecule has 2 N–H and O–H groups in total. The van der Waals surface area contributed by atoms with E-state index in [1.165, 1.54) is 11.3 Å². The number of benzene rings is 2. The molecule has 0 unspecified atom stereocenters. The molecule has 2 aromatic carbocycles. The first kappa shape index (κ1) is 21.2. The Morgan fingerprint density at radius 2 is 2.10 bits per heavy atom. The summed E-state index contributed by atoms with van der Waals surface area (Å²) in [6.07, 6.45) is 0. The first-order valence-electron chi connectivity index (χ1n) is 8.54. The van der Waals surface area contributed by atoms with Crippen LogP contribution in [0.2, 0.25) is 0 Å². The molecule has 0 saturated carbocycles. The molecule has 0 aliphatic carbocycles. The van der Waals surface area contributed by atoms with Crippen molar-refractivity contribution >= 4 is 55.6 Å². The highest BCUT2D eigenvalue weighted by Crippen LogP contribution is 2.32. The number of methoxy groups -OCH3 is 1. The van der Waals surface area contributed by atoms with Gasteiger partial charge in [0.25, 0.3) is 5.91 Å². The Bertz CT molecular complexity index is 1040. The maximum Gasteiger partial charge on any atom is 0.264 e. The number of hydrogen-bond donors (Lipinski definition) is 2. The van der Waals surface area contributed by atoms with E-state index in [1.54, 1.807) is 13.2 Å². The number of ether oxygens (including phenoxy) is 2. The van der Waals surface area contributed by atoms with Gasteiger partial charge in [0.15, 0.2) is 16.9 Å². The van der Waals surface area contributed by atoms with Crippen molar-refractivity contribution in [3.8, 4) is 22.8 Å². The fraction of sp³-hybridized carbons (Fsp3) is 0.150. The third-order valence-corrected chi connectivity index (χ3v) is 5.37. The molecule has 0 atom stereocenters. The van der Waals surface area contributed by atoms with Crippen molar-refractivity contribution in [3.63, 3.8) is 0 Å². The molecule has 3 rings (SSSR count). The number of anilines is 1. The van der Waals surface area contributed by atoms with Gasteiger partial charge in [-0.05, 0) is 71.0 Å². The summed E-state index contributed by atoms with van der Waals surface area (Å²) in [4.78, 5) is 16.5. The number of nitrogens with one attached hydrogen (secondary N) is 2. The summed E-state index contributed by atoms with van der Waals surface area (Å²) in [5.74, 6) is 1.04. The van der Waals surface area contributed by atoms with Gasteiger partial charge in [0.05, 0.1) is 17.3 Å². The van der Waals surface area contributed by atoms with Gasteiger partial charge in [0.1, 0.15) is 11.5 Å². The summed E-state index contributed by atoms with van der Waals surface area (Å²) in [6.45, 7) is 1.83. The van der Waals surface area contributed by atoms with E-state index in [1.807, 2.05) is 48.7 Å². The maximum absolute atomic E-state index is 12.0. The molecule has 150 valence electrons. The topological polar surface area (TPSA) is 72.5 Å². The number of halogens is 1. The number of thiazole rings is 1. The Hall–Kier alpha value is -2.49. The summed E-state index contributed by atoms with van der Waals surface area (Å²) < 4.78 is 11.5. The lowest BCUT2D eigenvalue weighted by atomic mass is 10.2. The molecule has 6 nitrogen and oxygen atoms in total. The highest BCUT2D eigenvalue weighted by Gasteiger charge is 2.10. The minimum Gasteiger partial charge on any atom is -0.496 e. The molecule has 1 heterocycles. The lowest BCUT2D eigenvalue weighted by Gasteiger charge is -2.09. The predicted octanol–water partition coefficient (Wildman–Crippen LogP) is 4.78. The molecule has 0 aliphatic rings. The zero-order valence-electron chi connectivity index (χ0n) is 15.7. The largest absolute Gasteiger partial charge is 0.496 e. The first-order valence-corrected chi connectivity index (χ1v) is 10.6. The van der Waals surface area contributed by atoms with Crippen LogP contribution < -0.4 is 20.1 Å². The number of rotatable bonds is 6. The van der Waals surface area contributed by atoms with Gasteiger partial charge in [-0.15, -0.1) is 11.3 Å². The van der Waals surface area contributed by atoms with Gasteiger partial charge in [-0.3, -0.25) is 10.1 Å². The van der Waals surface area contributed by atoms with E-state index in [0.29, 0.717) is 10.9 Å². The smallest absolute Gasteiger partial charge is 0.264 e. The Morgan fingerprint density at radius 1 is 1.28 bits per heavy atom. The molecule has 3 aromatic rings. The van der Waals surface area contributed by atoms with Crippen molar-refractivity contribution in [3.05, 3.63) is 57.9 Å². The number of aryl methyl sites for hydroxylation is 1. The van der Waals surface area contributed by atoms with Crippen LogP contribution in [0, 0.1) is 6.92 Å². The molecular formula is C20H18BrN3O3S2. The summed E-state index contributed by atoms with van der Waals surface area (Å²) in [6, 6.07) is 13.2. The van der Waals surface area contributed by atoms with Gasteiger partial charge < -0.3 is 14.8 Å². The van der Waals surface area contributed by atoms with Crippen LogP contribution in [0.1, 0.15) is 5.56 Å². The molecule has 9 heteroatoms. The van der Waals surface area contributed by atoms with Crippen molar-refractivity contribution < 1.29 is 14.3 Å². The quantitative estimate of drug-likeness (QED) is 0.483. The Labute approximate surface area is 186 Å². The molecule has 1 aromatic heterocycles. The SMILES string of the molecule is COc1ccc(-c2csc(NC(=S)NC(=O)COc3cccc(C)c3)n2)cc1Br. The molecule has 0 aliphatic heterocycles. The molecule has 0 saturated heterocycles. The van der Waals surface area contributed by atoms with E-state index in [-0.39, 0.29) is 17.6 Å². The Balaban J connectivity index is 1.53. The molecule has 0 radical (unpaired) electrons. The maximum atomic E-state index is 12.0. The van der Waals surface area contributed by atoms with Gasteiger partial charge in [-0.25, -0.2) is 4.98 Å². The van der Waals surface area contributed by atoms with Crippen LogP contribution in [0.4, 0.5) is 5.13 Å². The van der Waals surface area contributed by atoms with Crippen molar-refractivity contribution in [2.45, 2.75) is 6.92 Å². The van der Waals surface area contributed by atoms with Crippen LogP contribution >= 0.6 is 39.5 Å². The van der Waals surface area contributed by atoms with E-state index in [9.17, 15) is 4.79 Å². The Morgan fingerprint density at radius 3 is 2.83 bits per heavy atom. The molecular weight excluding hydrogens is 474 g/mol. The second kappa shape index (κ2) is 9.82. The third-order valence-electron chi connectivity index (χ3n) is 3.78. The molecule has 29 heavy (non-hydrogen) atoms. The average Bonchev–Trinajstić information content (AvgIpc) is 3.14. The van der Waals surface area contributed by atoms with E-state index >= 15 is 0 Å². The fourth-order valence-electron chi connectivity index (χ4n) is 2.43. The summed E-state index contributed by atoms with van der Waals surface area (Å²) >= 11 is 10.0. The number of thiocarbonyl (C=S) groups is 1. The minimum absolute atomic E-state index is 0.131. The number of carbonyl (C=O) groups is 1. The molecule has 0 spiro atoms. The van der Waals surface area contributed by atoms with Gasteiger partial charge in [-0.1, -0.05) is 12.1 Å². The highest BCUT2D eigenvalue weighted by molar-refractivity contribution is 9.10. The third kappa shape index (κ3) is 5.99. The van der Waals surface area contributed by atoms with Crippen LogP contribution in [0.5, 0.6) is 11.5 Å². The number of hydrogen-bond acceptors (Lipinski definition) is 6. The number of carbonyl (C=O) groups excluding carboxylic acids is 1. The predicted molar refractivity (Wildman–Crippen MR) is 123 cm³/mol. The monoisotopic (exact) mass is 491 g/mol. The van der Waals surface area contributed by atoms with Gasteiger partial charge in [-0.2, -0.15) is 0 Å². The van der Waals surface area contributed by atoms with Gasteiger partial charge in [0, 0.05) is 10.9 Å². The van der Waals surface area contributed by atoms with Crippen LogP contribution in [-0.2, 0) is 4.79 Å². The van der Waals surface area contributed by atoms with Crippen LogP contribution in [0.25, 0.3) is 11.3 Å². The van der Waals surface area contributed by atoms with Crippen molar-refractivity contribution in [1.29, 1.82) is 0 Å². The zero-order valence-corrected chi connectivity index (χ0v) is 18.9. The number of nitrogens with zero attached hydrogens (tertiary/aromatic N) is 1. The van der Waals surface area contributed by atoms with Crippen LogP contribution in [-0.4, -0.2) is 29.7 Å². The van der Waals surface area contributed by atoms with Gasteiger partial charge in [0.2, 0.25) is 0 Å². The normalized spacial score (nSPS) is 10.3. The number of amides is 1. The fourth-order valence-corrected chi connectivity index (χ4v) is 3.97. The summed E-state index contributed by atoms with van der Waals surface area (Å²) in [5.41, 5.74) is 2.78. The zero-order chi connectivity index (χ0) is 20.8. The lowest BCUT2D eigenvalue weighted by molar-refractivity contribution is -0.121. The molecule has 0 bridgehead atoms.